The second-order valence-electron chi connectivity index (χ2n) is 5.26. The van der Waals surface area contributed by atoms with E-state index in [9.17, 15) is 0 Å². The summed E-state index contributed by atoms with van der Waals surface area (Å²) < 4.78 is 10.8. The van der Waals surface area contributed by atoms with Crippen LogP contribution < -0.4 is 5.32 Å². The van der Waals surface area contributed by atoms with Gasteiger partial charge in [0.1, 0.15) is 5.76 Å². The molecular weight excluding hydrogens is 240 g/mol. The first-order valence-corrected chi connectivity index (χ1v) is 7.13. The van der Waals surface area contributed by atoms with Crippen LogP contribution in [-0.4, -0.2) is 44.3 Å². The highest BCUT2D eigenvalue weighted by Crippen LogP contribution is 2.10. The highest BCUT2D eigenvalue weighted by atomic mass is 16.5. The molecule has 0 aliphatic carbocycles. The molecule has 1 aromatic rings. The summed E-state index contributed by atoms with van der Waals surface area (Å²) in [6.07, 6.45) is 3.16. The Kier molecular flexibility index (Phi) is 7.79. The number of furan rings is 1. The Hall–Kier alpha value is -0.840. The van der Waals surface area contributed by atoms with Crippen LogP contribution in [0.2, 0.25) is 0 Å². The molecule has 110 valence electrons. The molecule has 0 aliphatic rings. The zero-order valence-electron chi connectivity index (χ0n) is 12.7. The number of nitrogens with one attached hydrogen (secondary N) is 1. The topological polar surface area (TPSA) is 37.6 Å². The van der Waals surface area contributed by atoms with Crippen molar-refractivity contribution in [1.29, 1.82) is 0 Å². The molecule has 0 saturated heterocycles. The van der Waals surface area contributed by atoms with Crippen LogP contribution >= 0.6 is 0 Å². The Morgan fingerprint density at radius 2 is 2.16 bits per heavy atom. The van der Waals surface area contributed by atoms with Crippen LogP contribution in [0.5, 0.6) is 0 Å². The normalized spacial score (nSPS) is 11.7. The van der Waals surface area contributed by atoms with E-state index in [0.29, 0.717) is 6.10 Å². The monoisotopic (exact) mass is 268 g/mol. The van der Waals surface area contributed by atoms with E-state index in [-0.39, 0.29) is 0 Å². The highest BCUT2D eigenvalue weighted by Gasteiger charge is 2.04. The molecule has 1 N–H and O–H groups in total. The van der Waals surface area contributed by atoms with Crippen molar-refractivity contribution in [1.82, 2.24) is 10.2 Å². The quantitative estimate of drug-likeness (QED) is 0.661. The smallest absolute Gasteiger partial charge is 0.105 e. The highest BCUT2D eigenvalue weighted by molar-refractivity contribution is 5.14. The molecule has 0 bridgehead atoms. The van der Waals surface area contributed by atoms with Crippen molar-refractivity contribution in [3.05, 3.63) is 23.7 Å². The van der Waals surface area contributed by atoms with Crippen molar-refractivity contribution in [2.45, 2.75) is 39.8 Å². The molecular formula is C15H28N2O2. The Morgan fingerprint density at radius 3 is 2.79 bits per heavy atom. The lowest BCUT2D eigenvalue weighted by Crippen LogP contribution is -2.30. The van der Waals surface area contributed by atoms with Gasteiger partial charge in [-0.1, -0.05) is 0 Å². The van der Waals surface area contributed by atoms with E-state index < -0.39 is 0 Å². The predicted octanol–water partition coefficient (Wildman–Crippen LogP) is 2.42. The molecule has 1 rings (SSSR count). The minimum Gasteiger partial charge on any atom is -0.469 e. The van der Waals surface area contributed by atoms with Crippen LogP contribution in [0.15, 0.2) is 16.7 Å². The molecule has 0 saturated carbocycles. The largest absolute Gasteiger partial charge is 0.469 e. The van der Waals surface area contributed by atoms with Gasteiger partial charge in [-0.05, 0) is 46.9 Å². The number of nitrogens with zero attached hydrogens (tertiary/aromatic N) is 1. The standard InChI is InChI=1S/C15H28N2O2/c1-13(2)18-10-5-7-16-8-9-17(4)12-15-6-11-19-14(15)3/h6,11,13,16H,5,7-10,12H2,1-4H3. The molecule has 0 amide bonds. The van der Waals surface area contributed by atoms with Gasteiger partial charge in [-0.15, -0.1) is 0 Å². The molecule has 0 fully saturated rings. The summed E-state index contributed by atoms with van der Waals surface area (Å²) in [7, 11) is 2.13. The Balaban J connectivity index is 1.99. The second-order valence-corrected chi connectivity index (χ2v) is 5.26. The first-order valence-electron chi connectivity index (χ1n) is 7.13. The van der Waals surface area contributed by atoms with Crippen LogP contribution in [0, 0.1) is 6.92 Å². The third-order valence-corrected chi connectivity index (χ3v) is 3.03. The minimum atomic E-state index is 0.337. The van der Waals surface area contributed by atoms with Gasteiger partial charge in [0.05, 0.1) is 12.4 Å². The molecule has 0 aromatic carbocycles. The Morgan fingerprint density at radius 1 is 1.37 bits per heavy atom. The molecule has 1 heterocycles. The first kappa shape index (κ1) is 16.2. The van der Waals surface area contributed by atoms with Gasteiger partial charge in [-0.25, -0.2) is 0 Å². The van der Waals surface area contributed by atoms with E-state index >= 15 is 0 Å². The van der Waals surface area contributed by atoms with Gasteiger partial charge in [-0.3, -0.25) is 0 Å². The molecule has 0 unspecified atom stereocenters. The third-order valence-electron chi connectivity index (χ3n) is 3.03. The molecule has 0 atom stereocenters. The lowest BCUT2D eigenvalue weighted by Gasteiger charge is -2.16. The van der Waals surface area contributed by atoms with E-state index in [0.717, 1.165) is 45.0 Å². The average molecular weight is 268 g/mol. The van der Waals surface area contributed by atoms with E-state index in [1.54, 1.807) is 6.26 Å². The van der Waals surface area contributed by atoms with Crippen molar-refractivity contribution >= 4 is 0 Å². The lowest BCUT2D eigenvalue weighted by atomic mass is 10.2. The molecule has 1 aromatic heterocycles. The maximum atomic E-state index is 5.49. The van der Waals surface area contributed by atoms with Crippen LogP contribution in [0.3, 0.4) is 0 Å². The Bertz CT molecular complexity index is 337. The summed E-state index contributed by atoms with van der Waals surface area (Å²) in [6, 6.07) is 2.04. The van der Waals surface area contributed by atoms with Crippen LogP contribution in [0.4, 0.5) is 0 Å². The van der Waals surface area contributed by atoms with Gasteiger partial charge < -0.3 is 19.4 Å². The van der Waals surface area contributed by atoms with Crippen molar-refractivity contribution in [3.63, 3.8) is 0 Å². The van der Waals surface area contributed by atoms with Gasteiger partial charge in [0.25, 0.3) is 0 Å². The van der Waals surface area contributed by atoms with Crippen molar-refractivity contribution in [3.8, 4) is 0 Å². The zero-order valence-corrected chi connectivity index (χ0v) is 12.7. The van der Waals surface area contributed by atoms with Gasteiger partial charge in [-0.2, -0.15) is 0 Å². The molecule has 4 nitrogen and oxygen atoms in total. The maximum Gasteiger partial charge on any atom is 0.105 e. The average Bonchev–Trinajstić information content (AvgIpc) is 2.73. The van der Waals surface area contributed by atoms with Gasteiger partial charge in [0.15, 0.2) is 0 Å². The van der Waals surface area contributed by atoms with Crippen LogP contribution in [-0.2, 0) is 11.3 Å². The fourth-order valence-electron chi connectivity index (χ4n) is 1.86. The third kappa shape index (κ3) is 7.35. The first-order chi connectivity index (χ1) is 9.09. The van der Waals surface area contributed by atoms with E-state index in [1.807, 2.05) is 13.0 Å². The summed E-state index contributed by atoms with van der Waals surface area (Å²) in [5, 5.41) is 3.44. The molecule has 0 radical (unpaired) electrons. The van der Waals surface area contributed by atoms with Crippen molar-refractivity contribution < 1.29 is 9.15 Å². The number of aryl methyl sites for hydroxylation is 1. The summed E-state index contributed by atoms with van der Waals surface area (Å²) in [6.45, 7) is 11.0. The van der Waals surface area contributed by atoms with Crippen LogP contribution in [0.1, 0.15) is 31.6 Å². The number of rotatable bonds is 10. The SMILES string of the molecule is Cc1occc1CN(C)CCNCCCOC(C)C. The summed E-state index contributed by atoms with van der Waals surface area (Å²) >= 11 is 0. The van der Waals surface area contributed by atoms with Gasteiger partial charge in [0.2, 0.25) is 0 Å². The summed E-state index contributed by atoms with van der Waals surface area (Å²) in [5.41, 5.74) is 1.27. The predicted molar refractivity (Wildman–Crippen MR) is 78.4 cm³/mol. The van der Waals surface area contributed by atoms with Crippen molar-refractivity contribution in [2.75, 3.05) is 33.3 Å². The molecule has 4 heteroatoms. The van der Waals surface area contributed by atoms with E-state index in [4.69, 9.17) is 9.15 Å². The second kappa shape index (κ2) is 9.13. The van der Waals surface area contributed by atoms with Gasteiger partial charge in [0, 0.05) is 31.8 Å². The Labute approximate surface area is 117 Å². The molecule has 0 spiro atoms. The minimum absolute atomic E-state index is 0.337. The maximum absolute atomic E-state index is 5.49. The molecule has 0 aliphatic heterocycles. The summed E-state index contributed by atoms with van der Waals surface area (Å²) in [4.78, 5) is 2.30. The molecule has 19 heavy (non-hydrogen) atoms. The number of hydrogen-bond acceptors (Lipinski definition) is 4. The lowest BCUT2D eigenvalue weighted by molar-refractivity contribution is 0.0770. The number of ether oxygens (including phenoxy) is 1. The van der Waals surface area contributed by atoms with E-state index in [1.165, 1.54) is 5.56 Å². The number of likely N-dealkylation sites (N-methyl/N-ethyl adjacent to an activating group) is 1. The van der Waals surface area contributed by atoms with Crippen molar-refractivity contribution in [2.24, 2.45) is 0 Å². The fraction of sp³-hybridized carbons (Fsp3) is 0.733. The summed E-state index contributed by atoms with van der Waals surface area (Å²) in [5.74, 6) is 1.02. The fourth-order valence-corrected chi connectivity index (χ4v) is 1.86. The van der Waals surface area contributed by atoms with Crippen LogP contribution in [0.25, 0.3) is 0 Å². The van der Waals surface area contributed by atoms with E-state index in [2.05, 4.69) is 31.1 Å². The zero-order chi connectivity index (χ0) is 14.1. The van der Waals surface area contributed by atoms with Gasteiger partial charge >= 0.3 is 0 Å². The number of hydrogen-bond donors (Lipinski definition) is 1.